The zero-order chi connectivity index (χ0) is 24.5. The summed E-state index contributed by atoms with van der Waals surface area (Å²) in [5, 5.41) is 16.1. The topological polar surface area (TPSA) is 78.2 Å². The van der Waals surface area contributed by atoms with Crippen molar-refractivity contribution in [1.82, 2.24) is 14.7 Å². The van der Waals surface area contributed by atoms with Crippen LogP contribution in [-0.4, -0.2) is 72.0 Å². The second-order valence-electron chi connectivity index (χ2n) is 8.69. The summed E-state index contributed by atoms with van der Waals surface area (Å²) in [7, 11) is 1.64. The summed E-state index contributed by atoms with van der Waals surface area (Å²) in [4.78, 5) is 2.17. The standard InChI is InChI=1S/C26H32ClN3O5/c1-32-24-9-4-21(16-25(24)34-14-3-12-30-11-2-10-28-30)17-29-13-15-33-19-26(31,18-29)20-35-23-7-5-22(27)6-8-23/h2,4-11,16,31H,3,12-15,17-20H2,1H3/t26-/m0/s1. The van der Waals surface area contributed by atoms with Gasteiger partial charge in [0.25, 0.3) is 0 Å². The highest BCUT2D eigenvalue weighted by atomic mass is 35.5. The third kappa shape index (κ3) is 7.60. The number of β-amino-alcohol motifs (C(OH)–C–C–N with tert-alkyl or cyclic N) is 1. The zero-order valence-corrected chi connectivity index (χ0v) is 20.7. The number of benzene rings is 2. The van der Waals surface area contributed by atoms with Crippen molar-refractivity contribution in [2.45, 2.75) is 25.1 Å². The number of aliphatic hydroxyl groups is 1. The quantitative estimate of drug-likeness (QED) is 0.402. The molecule has 1 N–H and O–H groups in total. The second kappa shape index (κ2) is 12.3. The van der Waals surface area contributed by atoms with E-state index in [-0.39, 0.29) is 13.2 Å². The van der Waals surface area contributed by atoms with Crippen molar-refractivity contribution in [2.24, 2.45) is 0 Å². The SMILES string of the molecule is COc1ccc(CN2CCOC[C@](O)(COc3ccc(Cl)cc3)C2)cc1OCCCn1cccn1. The summed E-state index contributed by atoms with van der Waals surface area (Å²) < 4.78 is 24.9. The van der Waals surface area contributed by atoms with E-state index in [1.807, 2.05) is 35.1 Å². The highest BCUT2D eigenvalue weighted by Gasteiger charge is 2.33. The summed E-state index contributed by atoms with van der Waals surface area (Å²) in [6, 6.07) is 14.9. The van der Waals surface area contributed by atoms with Crippen molar-refractivity contribution in [2.75, 3.05) is 46.6 Å². The maximum atomic E-state index is 11.2. The molecular weight excluding hydrogens is 470 g/mol. The van der Waals surface area contributed by atoms with E-state index in [0.29, 0.717) is 55.1 Å². The molecule has 1 atom stereocenters. The van der Waals surface area contributed by atoms with Gasteiger partial charge in [0.2, 0.25) is 0 Å². The Bertz CT molecular complexity index is 1050. The number of halogens is 1. The van der Waals surface area contributed by atoms with E-state index >= 15 is 0 Å². The largest absolute Gasteiger partial charge is 0.493 e. The van der Waals surface area contributed by atoms with E-state index in [0.717, 1.165) is 18.5 Å². The van der Waals surface area contributed by atoms with Crippen LogP contribution >= 0.6 is 11.6 Å². The molecule has 1 aliphatic rings. The highest BCUT2D eigenvalue weighted by molar-refractivity contribution is 6.30. The van der Waals surface area contributed by atoms with E-state index in [1.54, 1.807) is 37.6 Å². The minimum absolute atomic E-state index is 0.123. The highest BCUT2D eigenvalue weighted by Crippen LogP contribution is 2.29. The van der Waals surface area contributed by atoms with Crippen molar-refractivity contribution in [3.8, 4) is 17.2 Å². The van der Waals surface area contributed by atoms with Crippen molar-refractivity contribution in [3.63, 3.8) is 0 Å². The van der Waals surface area contributed by atoms with Gasteiger partial charge in [-0.2, -0.15) is 5.10 Å². The average molecular weight is 502 g/mol. The zero-order valence-electron chi connectivity index (χ0n) is 19.9. The molecule has 188 valence electrons. The van der Waals surface area contributed by atoms with Crippen molar-refractivity contribution in [3.05, 3.63) is 71.5 Å². The molecule has 1 aromatic heterocycles. The van der Waals surface area contributed by atoms with E-state index in [4.69, 9.17) is 30.5 Å². The second-order valence-corrected chi connectivity index (χ2v) is 9.12. The van der Waals surface area contributed by atoms with E-state index in [2.05, 4.69) is 10.00 Å². The third-order valence-corrected chi connectivity index (χ3v) is 6.00. The van der Waals surface area contributed by atoms with Crippen LogP contribution in [0.1, 0.15) is 12.0 Å². The predicted molar refractivity (Wildman–Crippen MR) is 133 cm³/mol. The lowest BCUT2D eigenvalue weighted by atomic mass is 10.1. The van der Waals surface area contributed by atoms with Crippen LogP contribution in [0.5, 0.6) is 17.2 Å². The van der Waals surface area contributed by atoms with Gasteiger partial charge in [-0.3, -0.25) is 9.58 Å². The van der Waals surface area contributed by atoms with E-state index in [1.165, 1.54) is 0 Å². The monoisotopic (exact) mass is 501 g/mol. The molecule has 0 saturated carbocycles. The molecule has 0 unspecified atom stereocenters. The van der Waals surface area contributed by atoms with Crippen LogP contribution in [0.3, 0.4) is 0 Å². The van der Waals surface area contributed by atoms with Gasteiger partial charge in [0.15, 0.2) is 11.5 Å². The number of aromatic nitrogens is 2. The maximum Gasteiger partial charge on any atom is 0.161 e. The molecule has 35 heavy (non-hydrogen) atoms. The minimum Gasteiger partial charge on any atom is -0.493 e. The fraction of sp³-hybridized carbons (Fsp3) is 0.423. The molecule has 2 aromatic carbocycles. The molecule has 0 amide bonds. The van der Waals surface area contributed by atoms with Crippen molar-refractivity contribution >= 4 is 11.6 Å². The Kier molecular flexibility index (Phi) is 8.87. The first kappa shape index (κ1) is 25.3. The number of methoxy groups -OCH3 is 1. The molecule has 1 fully saturated rings. The number of aryl methyl sites for hydroxylation is 1. The molecule has 2 heterocycles. The first-order valence-electron chi connectivity index (χ1n) is 11.7. The fourth-order valence-corrected chi connectivity index (χ4v) is 4.13. The Labute approximate surface area is 210 Å². The number of hydrogen-bond acceptors (Lipinski definition) is 7. The summed E-state index contributed by atoms with van der Waals surface area (Å²) in [5.41, 5.74) is -0.0650. The Hall–Kier alpha value is -2.78. The fourth-order valence-electron chi connectivity index (χ4n) is 4.00. The lowest BCUT2D eigenvalue weighted by molar-refractivity contribution is -0.0646. The van der Waals surface area contributed by atoms with Gasteiger partial charge in [-0.1, -0.05) is 17.7 Å². The van der Waals surface area contributed by atoms with Gasteiger partial charge in [0.05, 0.1) is 26.9 Å². The number of ether oxygens (including phenoxy) is 4. The minimum atomic E-state index is -1.13. The number of nitrogens with zero attached hydrogens (tertiary/aromatic N) is 3. The molecule has 1 aliphatic heterocycles. The Morgan fingerprint density at radius 2 is 2.00 bits per heavy atom. The summed E-state index contributed by atoms with van der Waals surface area (Å²) in [6.07, 6.45) is 4.54. The van der Waals surface area contributed by atoms with Crippen LogP contribution in [0.4, 0.5) is 0 Å². The van der Waals surface area contributed by atoms with E-state index in [9.17, 15) is 5.11 Å². The predicted octanol–water partition coefficient (Wildman–Crippen LogP) is 3.66. The lowest BCUT2D eigenvalue weighted by Gasteiger charge is -2.30. The van der Waals surface area contributed by atoms with Crippen LogP contribution in [0.15, 0.2) is 60.9 Å². The van der Waals surface area contributed by atoms with Crippen molar-refractivity contribution in [1.29, 1.82) is 0 Å². The van der Waals surface area contributed by atoms with Gasteiger partial charge in [-0.15, -0.1) is 0 Å². The van der Waals surface area contributed by atoms with Gasteiger partial charge in [-0.05, 0) is 48.0 Å². The van der Waals surface area contributed by atoms with Crippen LogP contribution in [0.25, 0.3) is 0 Å². The molecule has 0 radical (unpaired) electrons. The van der Waals surface area contributed by atoms with Gasteiger partial charge in [-0.25, -0.2) is 0 Å². The molecule has 0 bridgehead atoms. The summed E-state index contributed by atoms with van der Waals surface area (Å²) >= 11 is 5.94. The van der Waals surface area contributed by atoms with Crippen LogP contribution in [0.2, 0.25) is 5.02 Å². The molecule has 9 heteroatoms. The molecule has 0 aliphatic carbocycles. The average Bonchev–Trinajstić information content (AvgIpc) is 3.31. The normalized spacial score (nSPS) is 18.7. The van der Waals surface area contributed by atoms with E-state index < -0.39 is 5.60 Å². The third-order valence-electron chi connectivity index (χ3n) is 5.74. The molecular formula is C26H32ClN3O5. The first-order chi connectivity index (χ1) is 17.0. The van der Waals surface area contributed by atoms with Crippen molar-refractivity contribution < 1.29 is 24.1 Å². The van der Waals surface area contributed by atoms with Gasteiger partial charge >= 0.3 is 0 Å². The lowest BCUT2D eigenvalue weighted by Crippen LogP contribution is -2.48. The smallest absolute Gasteiger partial charge is 0.161 e. The first-order valence-corrected chi connectivity index (χ1v) is 12.1. The van der Waals surface area contributed by atoms with Crippen LogP contribution in [-0.2, 0) is 17.8 Å². The summed E-state index contributed by atoms with van der Waals surface area (Å²) in [6.45, 7) is 3.99. The molecule has 3 aromatic rings. The van der Waals surface area contributed by atoms with Gasteiger partial charge in [0, 0.05) is 50.0 Å². The molecule has 1 saturated heterocycles. The molecule has 8 nitrogen and oxygen atoms in total. The Morgan fingerprint density at radius 3 is 2.77 bits per heavy atom. The Morgan fingerprint density at radius 1 is 1.14 bits per heavy atom. The van der Waals surface area contributed by atoms with Crippen LogP contribution < -0.4 is 14.2 Å². The molecule has 0 spiro atoms. The van der Waals surface area contributed by atoms with Gasteiger partial charge < -0.3 is 24.1 Å². The Balaban J connectivity index is 1.34. The summed E-state index contributed by atoms with van der Waals surface area (Å²) in [5.74, 6) is 2.06. The van der Waals surface area contributed by atoms with Crippen LogP contribution in [0, 0.1) is 0 Å². The number of rotatable bonds is 11. The number of hydrogen-bond donors (Lipinski definition) is 1. The molecule has 4 rings (SSSR count). The van der Waals surface area contributed by atoms with Gasteiger partial charge in [0.1, 0.15) is 18.0 Å². The maximum absolute atomic E-state index is 11.2.